The monoisotopic (exact) mass is 406 g/mol. The summed E-state index contributed by atoms with van der Waals surface area (Å²) in [6.07, 6.45) is -4.09. The molecule has 5 atom stereocenters. The summed E-state index contributed by atoms with van der Waals surface area (Å²) in [7, 11) is 0. The first-order valence-corrected chi connectivity index (χ1v) is 9.69. The van der Waals surface area contributed by atoms with Crippen LogP contribution in [0.5, 0.6) is 5.75 Å². The van der Waals surface area contributed by atoms with E-state index in [-0.39, 0.29) is 6.61 Å². The Labute approximate surface area is 168 Å². The Bertz CT molecular complexity index is 841. The second-order valence-corrected chi connectivity index (χ2v) is 7.53. The van der Waals surface area contributed by atoms with Gasteiger partial charge in [-0.1, -0.05) is 29.8 Å². The fourth-order valence-corrected chi connectivity index (χ4v) is 3.98. The normalized spacial score (nSPS) is 31.8. The van der Waals surface area contributed by atoms with Crippen LogP contribution in [0.1, 0.15) is 23.6 Å². The molecule has 4 rings (SSSR count). The molecule has 2 saturated heterocycles. The van der Waals surface area contributed by atoms with Crippen molar-refractivity contribution in [2.24, 2.45) is 0 Å². The summed E-state index contributed by atoms with van der Waals surface area (Å²) in [5, 5.41) is 31.3. The van der Waals surface area contributed by atoms with Gasteiger partial charge in [-0.3, -0.25) is 0 Å². The Morgan fingerprint density at radius 3 is 2.57 bits per heavy atom. The van der Waals surface area contributed by atoms with E-state index in [1.54, 1.807) is 12.1 Å². The first-order valence-electron chi connectivity index (χ1n) is 9.31. The van der Waals surface area contributed by atoms with E-state index in [4.69, 9.17) is 25.8 Å². The molecule has 0 aliphatic carbocycles. The van der Waals surface area contributed by atoms with Gasteiger partial charge in [0.05, 0.1) is 13.2 Å². The molecule has 28 heavy (non-hydrogen) atoms. The Kier molecular flexibility index (Phi) is 5.35. The smallest absolute Gasteiger partial charge is 0.225 e. The minimum atomic E-state index is -1.51. The third-order valence-electron chi connectivity index (χ3n) is 5.31. The Hall–Kier alpha value is -1.67. The van der Waals surface area contributed by atoms with Crippen molar-refractivity contribution in [2.75, 3.05) is 13.2 Å². The third-order valence-corrected chi connectivity index (χ3v) is 5.68. The molecular formula is C21H23ClO6. The number of aliphatic hydroxyl groups is 3. The van der Waals surface area contributed by atoms with Crippen LogP contribution < -0.4 is 4.74 Å². The number of halogens is 1. The standard InChI is InChI=1S/C21H23ClO6/c1-2-26-15-6-3-12(4-7-15)9-13-10-14(5-8-16(13)22)21-20(25)19(24)18(23)17(28-21)11-27-21/h3-8,10,17-20,23-25H,2,9,11H2,1H3/t17?,18-,19+,20-,21?/m1/s1. The van der Waals surface area contributed by atoms with Gasteiger partial charge in [0, 0.05) is 10.6 Å². The van der Waals surface area contributed by atoms with Crippen LogP contribution >= 0.6 is 11.6 Å². The van der Waals surface area contributed by atoms with Gasteiger partial charge in [-0.15, -0.1) is 0 Å². The molecule has 2 bridgehead atoms. The lowest BCUT2D eigenvalue weighted by Gasteiger charge is -2.41. The van der Waals surface area contributed by atoms with E-state index in [9.17, 15) is 15.3 Å². The van der Waals surface area contributed by atoms with Crippen molar-refractivity contribution < 1.29 is 29.5 Å². The number of benzene rings is 2. The van der Waals surface area contributed by atoms with Crippen molar-refractivity contribution in [3.8, 4) is 5.75 Å². The topological polar surface area (TPSA) is 88.4 Å². The molecule has 0 saturated carbocycles. The van der Waals surface area contributed by atoms with Gasteiger partial charge in [-0.25, -0.2) is 0 Å². The fraction of sp³-hybridized carbons (Fsp3) is 0.429. The number of aliphatic hydroxyl groups excluding tert-OH is 3. The summed E-state index contributed by atoms with van der Waals surface area (Å²) in [5.74, 6) is -0.705. The summed E-state index contributed by atoms with van der Waals surface area (Å²) >= 11 is 6.40. The summed E-state index contributed by atoms with van der Waals surface area (Å²) in [5.41, 5.74) is 2.44. The first-order chi connectivity index (χ1) is 13.4. The van der Waals surface area contributed by atoms with Gasteiger partial charge >= 0.3 is 0 Å². The number of hydrogen-bond acceptors (Lipinski definition) is 6. The zero-order chi connectivity index (χ0) is 19.9. The maximum absolute atomic E-state index is 10.6. The molecule has 3 N–H and O–H groups in total. The molecule has 0 radical (unpaired) electrons. The summed E-state index contributed by atoms with van der Waals surface area (Å²) in [6, 6.07) is 13.0. The lowest BCUT2D eigenvalue weighted by atomic mass is 9.89. The molecule has 2 aliphatic rings. The second kappa shape index (κ2) is 7.63. The predicted molar refractivity (Wildman–Crippen MR) is 102 cm³/mol. The molecule has 2 fully saturated rings. The van der Waals surface area contributed by atoms with Crippen LogP contribution in [0.25, 0.3) is 0 Å². The van der Waals surface area contributed by atoms with E-state index in [1.807, 2.05) is 37.3 Å². The van der Waals surface area contributed by atoms with Crippen LogP contribution in [0.4, 0.5) is 0 Å². The van der Waals surface area contributed by atoms with Crippen molar-refractivity contribution in [2.45, 2.75) is 43.5 Å². The van der Waals surface area contributed by atoms with E-state index in [0.717, 1.165) is 16.9 Å². The molecule has 6 nitrogen and oxygen atoms in total. The van der Waals surface area contributed by atoms with Crippen LogP contribution in [0, 0.1) is 0 Å². The number of rotatable bonds is 5. The summed E-state index contributed by atoms with van der Waals surface area (Å²) in [4.78, 5) is 0. The molecule has 2 unspecified atom stereocenters. The summed E-state index contributed by atoms with van der Waals surface area (Å²) in [6.45, 7) is 2.64. The van der Waals surface area contributed by atoms with Gasteiger partial charge in [0.1, 0.15) is 30.2 Å². The zero-order valence-electron chi connectivity index (χ0n) is 15.4. The van der Waals surface area contributed by atoms with Crippen LogP contribution in [-0.4, -0.2) is 52.9 Å². The molecular weight excluding hydrogens is 384 g/mol. The van der Waals surface area contributed by atoms with Gasteiger partial charge in [0.2, 0.25) is 5.79 Å². The van der Waals surface area contributed by atoms with Crippen molar-refractivity contribution >= 4 is 11.6 Å². The molecule has 0 amide bonds. The molecule has 7 heteroatoms. The SMILES string of the molecule is CCOc1ccc(Cc2cc(C34OCC(O3)[C@@H](O)[C@H](O)[C@H]4O)ccc2Cl)cc1. The van der Waals surface area contributed by atoms with Crippen molar-refractivity contribution in [1.29, 1.82) is 0 Å². The van der Waals surface area contributed by atoms with E-state index < -0.39 is 30.2 Å². The van der Waals surface area contributed by atoms with Gasteiger partial charge < -0.3 is 29.5 Å². The van der Waals surface area contributed by atoms with Crippen LogP contribution in [0.2, 0.25) is 5.02 Å². The van der Waals surface area contributed by atoms with Crippen molar-refractivity contribution in [1.82, 2.24) is 0 Å². The highest BCUT2D eigenvalue weighted by atomic mass is 35.5. The quantitative estimate of drug-likeness (QED) is 0.703. The van der Waals surface area contributed by atoms with Gasteiger partial charge in [-0.05, 0) is 48.7 Å². The van der Waals surface area contributed by atoms with Crippen LogP contribution in [0.15, 0.2) is 42.5 Å². The van der Waals surface area contributed by atoms with E-state index in [0.29, 0.717) is 23.6 Å². The highest BCUT2D eigenvalue weighted by molar-refractivity contribution is 6.31. The van der Waals surface area contributed by atoms with Crippen molar-refractivity contribution in [3.05, 3.63) is 64.2 Å². The van der Waals surface area contributed by atoms with E-state index >= 15 is 0 Å². The second-order valence-electron chi connectivity index (χ2n) is 7.12. The highest BCUT2D eigenvalue weighted by Gasteiger charge is 2.60. The lowest BCUT2D eigenvalue weighted by molar-refractivity contribution is -0.302. The van der Waals surface area contributed by atoms with Gasteiger partial charge in [0.15, 0.2) is 0 Å². The van der Waals surface area contributed by atoms with E-state index in [1.165, 1.54) is 0 Å². The number of fused-ring (bicyclic) bond motifs is 2. The minimum Gasteiger partial charge on any atom is -0.494 e. The molecule has 2 aromatic carbocycles. The zero-order valence-corrected chi connectivity index (χ0v) is 16.2. The van der Waals surface area contributed by atoms with Gasteiger partial charge in [0.25, 0.3) is 0 Å². The Morgan fingerprint density at radius 1 is 1.11 bits per heavy atom. The van der Waals surface area contributed by atoms with Gasteiger partial charge in [-0.2, -0.15) is 0 Å². The molecule has 0 spiro atoms. The maximum Gasteiger partial charge on any atom is 0.225 e. The average Bonchev–Trinajstić information content (AvgIpc) is 3.12. The largest absolute Gasteiger partial charge is 0.494 e. The Morgan fingerprint density at radius 2 is 1.86 bits per heavy atom. The molecule has 2 heterocycles. The highest BCUT2D eigenvalue weighted by Crippen LogP contribution is 2.45. The number of ether oxygens (including phenoxy) is 3. The molecule has 150 valence electrons. The lowest BCUT2D eigenvalue weighted by Crippen LogP contribution is -2.58. The number of hydrogen-bond donors (Lipinski definition) is 3. The minimum absolute atomic E-state index is 0.0894. The molecule has 2 aromatic rings. The summed E-state index contributed by atoms with van der Waals surface area (Å²) < 4.78 is 17.0. The Balaban J connectivity index is 1.62. The van der Waals surface area contributed by atoms with E-state index in [2.05, 4.69) is 0 Å². The van der Waals surface area contributed by atoms with Crippen LogP contribution in [0.3, 0.4) is 0 Å². The van der Waals surface area contributed by atoms with Crippen molar-refractivity contribution in [3.63, 3.8) is 0 Å². The maximum atomic E-state index is 10.6. The predicted octanol–water partition coefficient (Wildman–Crippen LogP) is 1.99. The third kappa shape index (κ3) is 3.30. The fourth-order valence-electron chi connectivity index (χ4n) is 3.79. The first kappa shape index (κ1) is 19.6. The average molecular weight is 407 g/mol. The van der Waals surface area contributed by atoms with Crippen LogP contribution in [-0.2, 0) is 21.7 Å². The molecule has 2 aliphatic heterocycles. The molecule has 0 aromatic heterocycles.